The Balaban J connectivity index is 0.860. The molecule has 0 aliphatic carbocycles. The minimum atomic E-state index is -0.962. The van der Waals surface area contributed by atoms with E-state index in [9.17, 15) is 24.3 Å². The van der Waals surface area contributed by atoms with E-state index >= 15 is 0 Å². The molecule has 2 aromatic carbocycles. The normalized spacial score (nSPS) is 25.2. The lowest BCUT2D eigenvalue weighted by atomic mass is 9.89. The Kier molecular flexibility index (Phi) is 11.3. The zero-order valence-corrected chi connectivity index (χ0v) is 32.0. The molecule has 294 valence electrons. The summed E-state index contributed by atoms with van der Waals surface area (Å²) in [5.41, 5.74) is 16.3. The third-order valence-electron chi connectivity index (χ3n) is 12.2. The number of nitrogens with two attached hydrogens (primary N) is 2. The van der Waals surface area contributed by atoms with Crippen LogP contribution < -0.4 is 27.0 Å². The van der Waals surface area contributed by atoms with E-state index in [1.165, 1.54) is 12.8 Å². The number of benzene rings is 2. The summed E-state index contributed by atoms with van der Waals surface area (Å²) in [6.45, 7) is 11.1. The van der Waals surface area contributed by atoms with E-state index in [2.05, 4.69) is 37.2 Å². The second kappa shape index (κ2) is 16.3. The highest BCUT2D eigenvalue weighted by molar-refractivity contribution is 6.23. The van der Waals surface area contributed by atoms with E-state index in [0.717, 1.165) is 88.0 Å². The van der Waals surface area contributed by atoms with Crippen molar-refractivity contribution in [3.8, 4) is 5.75 Å². The SMILES string of the molecule is CN/C(N)=C(/C=C(\N)c1ccccc1O)N1CCN(CC2CCN(CC3CCN(c4ccc5c(c4)C(=O)N(C4CCC(=O)NC4=O)C5=O)C(C)C3)CC2)CC1. The standard InChI is InChI=1S/C41H55N9O5/c1-26-21-28(13-16-49(26)29-7-8-30-32(22-29)41(55)50(40(30)54)34-9-10-37(52)45-39(34)53)25-46-14-11-27(12-15-46)24-47-17-19-48(20-18-47)35(38(43)44-2)23-33(42)31-5-3-4-6-36(31)51/h3-8,22-23,26-28,34,44,51H,9-21,24-25,42-43H2,1-2H3,(H,45,52,53)/b33-23-,38-35-. The van der Waals surface area contributed by atoms with Gasteiger partial charge in [0.25, 0.3) is 11.8 Å². The molecule has 5 aliphatic rings. The van der Waals surface area contributed by atoms with Crippen LogP contribution in [0.5, 0.6) is 5.75 Å². The Morgan fingerprint density at radius 1 is 0.855 bits per heavy atom. The molecule has 0 saturated carbocycles. The van der Waals surface area contributed by atoms with Crippen molar-refractivity contribution in [3.63, 3.8) is 0 Å². The number of phenolic OH excluding ortho intramolecular Hbond substituents is 1. The number of imide groups is 2. The van der Waals surface area contributed by atoms with Crippen LogP contribution in [0.15, 0.2) is 60.1 Å². The monoisotopic (exact) mass is 753 g/mol. The molecule has 5 aliphatic heterocycles. The van der Waals surface area contributed by atoms with E-state index in [0.29, 0.717) is 40.0 Å². The molecule has 0 bridgehead atoms. The lowest BCUT2D eigenvalue weighted by Crippen LogP contribution is -2.54. The maximum atomic E-state index is 13.4. The molecule has 14 heteroatoms. The molecule has 2 aromatic rings. The number of anilines is 1. The van der Waals surface area contributed by atoms with Gasteiger partial charge in [0, 0.05) is 82.3 Å². The number of likely N-dealkylation sites (tertiary alicyclic amines) is 1. The number of piperidine rings is 3. The number of amides is 4. The van der Waals surface area contributed by atoms with Gasteiger partial charge in [0.15, 0.2) is 0 Å². The van der Waals surface area contributed by atoms with Gasteiger partial charge in [-0.2, -0.15) is 0 Å². The van der Waals surface area contributed by atoms with Crippen molar-refractivity contribution < 1.29 is 24.3 Å². The maximum Gasteiger partial charge on any atom is 0.262 e. The van der Waals surface area contributed by atoms with Crippen LogP contribution >= 0.6 is 0 Å². The molecule has 4 amide bonds. The van der Waals surface area contributed by atoms with E-state index in [1.807, 2.05) is 24.3 Å². The molecule has 14 nitrogen and oxygen atoms in total. The van der Waals surface area contributed by atoms with Crippen LogP contribution in [0, 0.1) is 11.8 Å². The third-order valence-corrected chi connectivity index (χ3v) is 12.2. The first kappa shape index (κ1) is 38.2. The zero-order valence-electron chi connectivity index (χ0n) is 32.0. The van der Waals surface area contributed by atoms with Crippen LogP contribution in [-0.4, -0.2) is 126 Å². The van der Waals surface area contributed by atoms with Gasteiger partial charge in [0.05, 0.1) is 16.8 Å². The van der Waals surface area contributed by atoms with Crippen LogP contribution in [0.25, 0.3) is 5.70 Å². The Hall–Kier alpha value is -5.08. The summed E-state index contributed by atoms with van der Waals surface area (Å²) < 4.78 is 0. The Morgan fingerprint density at radius 3 is 2.22 bits per heavy atom. The smallest absolute Gasteiger partial charge is 0.262 e. The zero-order chi connectivity index (χ0) is 38.8. The number of allylic oxidation sites excluding steroid dienone is 1. The number of piperazine rings is 1. The number of para-hydroxylation sites is 1. The summed E-state index contributed by atoms with van der Waals surface area (Å²) in [6, 6.07) is 11.8. The molecular weight excluding hydrogens is 699 g/mol. The van der Waals surface area contributed by atoms with Gasteiger partial charge in [0.2, 0.25) is 11.8 Å². The van der Waals surface area contributed by atoms with Crippen molar-refractivity contribution in [2.45, 2.75) is 57.5 Å². The van der Waals surface area contributed by atoms with Gasteiger partial charge in [-0.3, -0.25) is 34.3 Å². The molecule has 4 saturated heterocycles. The number of hydrogen-bond acceptors (Lipinski definition) is 12. The highest BCUT2D eigenvalue weighted by Gasteiger charge is 2.45. The van der Waals surface area contributed by atoms with Crippen molar-refractivity contribution in [2.75, 3.05) is 70.9 Å². The van der Waals surface area contributed by atoms with Gasteiger partial charge < -0.3 is 36.6 Å². The van der Waals surface area contributed by atoms with Crippen LogP contribution in [0.3, 0.4) is 0 Å². The second-order valence-corrected chi connectivity index (χ2v) is 15.8. The molecular formula is C41H55N9O5. The topological polar surface area (TPSA) is 181 Å². The summed E-state index contributed by atoms with van der Waals surface area (Å²) in [5.74, 6) is 0.0502. The molecule has 3 atom stereocenters. The maximum absolute atomic E-state index is 13.4. The number of carbonyl (C=O) groups excluding carboxylic acids is 4. The molecule has 4 fully saturated rings. The van der Waals surface area contributed by atoms with E-state index in [-0.39, 0.29) is 30.5 Å². The van der Waals surface area contributed by atoms with Gasteiger partial charge in [0.1, 0.15) is 17.6 Å². The first-order valence-corrected chi connectivity index (χ1v) is 19.8. The van der Waals surface area contributed by atoms with Crippen molar-refractivity contribution in [3.05, 3.63) is 76.7 Å². The number of rotatable bonds is 10. The minimum absolute atomic E-state index is 0.102. The van der Waals surface area contributed by atoms with Crippen LogP contribution in [0.2, 0.25) is 0 Å². The van der Waals surface area contributed by atoms with Gasteiger partial charge in [-0.05, 0) is 100 Å². The lowest BCUT2D eigenvalue weighted by molar-refractivity contribution is -0.136. The Morgan fingerprint density at radius 2 is 1.53 bits per heavy atom. The molecule has 7 N–H and O–H groups in total. The number of phenols is 1. The largest absolute Gasteiger partial charge is 0.507 e. The first-order chi connectivity index (χ1) is 26.5. The number of aromatic hydroxyl groups is 1. The quantitative estimate of drug-likeness (QED) is 0.176. The summed E-state index contributed by atoms with van der Waals surface area (Å²) in [5, 5.41) is 15.6. The lowest BCUT2D eigenvalue weighted by Gasteiger charge is -2.43. The number of fused-ring (bicyclic) bond motifs is 1. The van der Waals surface area contributed by atoms with E-state index in [4.69, 9.17) is 11.5 Å². The average Bonchev–Trinajstić information content (AvgIpc) is 3.42. The highest BCUT2D eigenvalue weighted by Crippen LogP contribution is 2.35. The molecule has 0 aromatic heterocycles. The van der Waals surface area contributed by atoms with Gasteiger partial charge in [-0.1, -0.05) is 12.1 Å². The van der Waals surface area contributed by atoms with E-state index in [1.54, 1.807) is 31.3 Å². The number of carbonyl (C=O) groups is 4. The van der Waals surface area contributed by atoms with Gasteiger partial charge >= 0.3 is 0 Å². The van der Waals surface area contributed by atoms with Crippen LogP contribution in [0.4, 0.5) is 5.69 Å². The average molecular weight is 754 g/mol. The number of hydrogen-bond donors (Lipinski definition) is 5. The summed E-state index contributed by atoms with van der Waals surface area (Å²) >= 11 is 0. The molecule has 55 heavy (non-hydrogen) atoms. The number of nitrogens with zero attached hydrogens (tertiary/aromatic N) is 5. The molecule has 3 unspecified atom stereocenters. The fraction of sp³-hybridized carbons (Fsp3) is 0.512. The van der Waals surface area contributed by atoms with Crippen molar-refractivity contribution >= 4 is 35.0 Å². The van der Waals surface area contributed by atoms with Crippen LogP contribution in [0.1, 0.15) is 71.7 Å². The Bertz CT molecular complexity index is 1860. The van der Waals surface area contributed by atoms with Crippen molar-refractivity contribution in [1.29, 1.82) is 0 Å². The second-order valence-electron chi connectivity index (χ2n) is 15.8. The fourth-order valence-electron chi connectivity index (χ4n) is 9.12. The van der Waals surface area contributed by atoms with Crippen molar-refractivity contribution in [2.24, 2.45) is 23.3 Å². The Labute approximate surface area is 323 Å². The molecule has 0 spiro atoms. The predicted octanol–water partition coefficient (Wildman–Crippen LogP) is 2.07. The van der Waals surface area contributed by atoms with Crippen molar-refractivity contribution in [1.82, 2.24) is 30.2 Å². The highest BCUT2D eigenvalue weighted by atomic mass is 16.3. The molecule has 5 heterocycles. The third kappa shape index (κ3) is 8.15. The van der Waals surface area contributed by atoms with E-state index < -0.39 is 23.8 Å². The summed E-state index contributed by atoms with van der Waals surface area (Å²) in [4.78, 5) is 61.5. The van der Waals surface area contributed by atoms with Crippen LogP contribution in [-0.2, 0) is 9.59 Å². The molecule has 0 radical (unpaired) electrons. The fourth-order valence-corrected chi connectivity index (χ4v) is 9.12. The summed E-state index contributed by atoms with van der Waals surface area (Å²) in [6.07, 6.45) is 6.61. The predicted molar refractivity (Wildman–Crippen MR) is 210 cm³/mol. The van der Waals surface area contributed by atoms with Gasteiger partial charge in [-0.15, -0.1) is 0 Å². The van der Waals surface area contributed by atoms with Gasteiger partial charge in [-0.25, -0.2) is 0 Å². The first-order valence-electron chi connectivity index (χ1n) is 19.8. The number of nitrogens with one attached hydrogen (secondary N) is 2. The minimum Gasteiger partial charge on any atom is -0.507 e. The summed E-state index contributed by atoms with van der Waals surface area (Å²) in [7, 11) is 1.80. The molecule has 7 rings (SSSR count).